The summed E-state index contributed by atoms with van der Waals surface area (Å²) in [5, 5.41) is 17.3. The first kappa shape index (κ1) is 25.0. The third-order valence-electron chi connectivity index (χ3n) is 6.74. The molecule has 0 bridgehead atoms. The van der Waals surface area contributed by atoms with Crippen molar-refractivity contribution in [3.8, 4) is 28.7 Å². The Bertz CT molecular complexity index is 1780. The average molecular weight is 535 g/mol. The van der Waals surface area contributed by atoms with Gasteiger partial charge in [0.1, 0.15) is 23.5 Å². The van der Waals surface area contributed by atoms with Crippen molar-refractivity contribution in [2.75, 3.05) is 25.4 Å². The smallest absolute Gasteiger partial charge is 0.234 e. The van der Waals surface area contributed by atoms with Crippen LogP contribution in [0.15, 0.2) is 61.1 Å². The molecule has 40 heavy (non-hydrogen) atoms. The lowest BCUT2D eigenvalue weighted by Gasteiger charge is -2.27. The maximum absolute atomic E-state index is 15.2. The van der Waals surface area contributed by atoms with E-state index in [9.17, 15) is 10.1 Å². The molecule has 11 nitrogen and oxygen atoms in total. The number of anilines is 1. The normalized spacial score (nSPS) is 13.8. The quantitative estimate of drug-likeness (QED) is 0.334. The van der Waals surface area contributed by atoms with Crippen molar-refractivity contribution in [2.45, 2.75) is 13.0 Å². The number of hydrogen-bond donors (Lipinski definition) is 2. The number of nitriles is 1. The van der Waals surface area contributed by atoms with Gasteiger partial charge in [-0.25, -0.2) is 28.8 Å². The molecule has 2 aromatic carbocycles. The number of nitrogens with two attached hydrogens (primary N) is 1. The van der Waals surface area contributed by atoms with Crippen molar-refractivity contribution < 1.29 is 9.18 Å². The minimum absolute atomic E-state index is 0.0553. The Morgan fingerprint density at radius 2 is 2.00 bits per heavy atom. The molecular weight excluding hydrogens is 511 g/mol. The summed E-state index contributed by atoms with van der Waals surface area (Å²) < 4.78 is 16.7. The van der Waals surface area contributed by atoms with Gasteiger partial charge in [-0.15, -0.1) is 0 Å². The molecule has 1 fully saturated rings. The van der Waals surface area contributed by atoms with E-state index >= 15 is 4.39 Å². The predicted octanol–water partition coefficient (Wildman–Crippen LogP) is 2.36. The van der Waals surface area contributed by atoms with E-state index in [-0.39, 0.29) is 36.2 Å². The molecule has 1 aliphatic rings. The van der Waals surface area contributed by atoms with Crippen LogP contribution < -0.4 is 11.1 Å². The largest absolute Gasteiger partial charge is 0.381 e. The van der Waals surface area contributed by atoms with E-state index < -0.39 is 0 Å². The zero-order chi connectivity index (χ0) is 27.6. The van der Waals surface area contributed by atoms with Gasteiger partial charge < -0.3 is 11.1 Å². The van der Waals surface area contributed by atoms with Gasteiger partial charge in [0.25, 0.3) is 0 Å². The topological polar surface area (TPSA) is 151 Å². The van der Waals surface area contributed by atoms with Gasteiger partial charge >= 0.3 is 0 Å². The van der Waals surface area contributed by atoms with E-state index in [4.69, 9.17) is 10.8 Å². The van der Waals surface area contributed by atoms with Crippen LogP contribution in [0.1, 0.15) is 22.5 Å². The number of carbonyl (C=O) groups excluding carboxylic acids is 1. The molecule has 1 aliphatic heterocycles. The summed E-state index contributed by atoms with van der Waals surface area (Å²) in [7, 11) is 0. The van der Waals surface area contributed by atoms with Crippen LogP contribution in [0.2, 0.25) is 0 Å². The fourth-order valence-electron chi connectivity index (χ4n) is 4.89. The number of fused-ring (bicyclic) bond motifs is 1. The maximum Gasteiger partial charge on any atom is 0.234 e. The second kappa shape index (κ2) is 10.5. The van der Waals surface area contributed by atoms with Gasteiger partial charge in [-0.05, 0) is 29.3 Å². The van der Waals surface area contributed by atoms with E-state index in [0.717, 1.165) is 5.56 Å². The van der Waals surface area contributed by atoms with E-state index in [1.54, 1.807) is 47.1 Å². The molecule has 3 N–H and O–H groups in total. The number of halogens is 1. The number of piperazine rings is 1. The summed E-state index contributed by atoms with van der Waals surface area (Å²) in [5.41, 5.74) is 10.2. The van der Waals surface area contributed by atoms with Gasteiger partial charge in [0.2, 0.25) is 5.91 Å². The molecule has 0 spiro atoms. The first-order valence-corrected chi connectivity index (χ1v) is 12.6. The first-order chi connectivity index (χ1) is 19.5. The Kier molecular flexibility index (Phi) is 6.55. The molecule has 1 saturated heterocycles. The van der Waals surface area contributed by atoms with E-state index in [1.165, 1.54) is 12.4 Å². The second-order valence-electron chi connectivity index (χ2n) is 9.32. The minimum Gasteiger partial charge on any atom is -0.381 e. The van der Waals surface area contributed by atoms with Gasteiger partial charge in [-0.2, -0.15) is 10.4 Å². The van der Waals surface area contributed by atoms with Crippen LogP contribution in [0.25, 0.3) is 28.3 Å². The fraction of sp³-hybridized carbons (Fsp3) is 0.179. The van der Waals surface area contributed by atoms with Crippen LogP contribution in [-0.2, 0) is 17.8 Å². The van der Waals surface area contributed by atoms with E-state index in [0.29, 0.717) is 59.2 Å². The third kappa shape index (κ3) is 4.70. The van der Waals surface area contributed by atoms with Gasteiger partial charge in [0.05, 0.1) is 23.9 Å². The molecule has 1 amide bonds. The number of hydrogen-bond acceptors (Lipinski definition) is 9. The zero-order valence-electron chi connectivity index (χ0n) is 21.3. The maximum atomic E-state index is 15.2. The number of nitrogens with one attached hydrogen (secondary N) is 1. The summed E-state index contributed by atoms with van der Waals surface area (Å²) in [6.07, 6.45) is 3.09. The van der Waals surface area contributed by atoms with Gasteiger partial charge in [-0.3, -0.25) is 9.69 Å². The standard InChI is InChI=1S/C28H23FN10O/c29-21-7-3-5-18(14-38-11-10-33-24(40)15-38)20(21)12-23-35-28-27(31)36-25(19-6-2-1-4-17(19)13-30)26(39(28)37-23)22-8-9-32-16-34-22/h1-9,16H,10-12,14-15H2,(H2,31,36)(H,33,40). The lowest BCUT2D eigenvalue weighted by atomic mass is 10.0. The highest BCUT2D eigenvalue weighted by molar-refractivity contribution is 5.83. The zero-order valence-corrected chi connectivity index (χ0v) is 21.3. The Hall–Kier alpha value is -5.28. The highest BCUT2D eigenvalue weighted by Gasteiger charge is 2.24. The highest BCUT2D eigenvalue weighted by Crippen LogP contribution is 2.33. The SMILES string of the molecule is N#Cc1ccccc1-c1nc(N)c2nc(Cc3c(F)cccc3CN3CCNC(=O)C3)nn2c1-c1ccncn1. The van der Waals surface area contributed by atoms with Crippen LogP contribution in [0.4, 0.5) is 10.2 Å². The molecule has 0 unspecified atom stereocenters. The van der Waals surface area contributed by atoms with Crippen LogP contribution in [0, 0.1) is 17.1 Å². The Balaban J connectivity index is 1.47. The molecule has 6 rings (SSSR count). The Morgan fingerprint density at radius 3 is 2.80 bits per heavy atom. The van der Waals surface area contributed by atoms with Gasteiger partial charge in [-0.1, -0.05) is 30.3 Å². The molecule has 3 aromatic heterocycles. The molecule has 0 saturated carbocycles. The molecule has 0 radical (unpaired) electrons. The van der Waals surface area contributed by atoms with Crippen LogP contribution in [0.3, 0.4) is 0 Å². The highest BCUT2D eigenvalue weighted by atomic mass is 19.1. The van der Waals surface area contributed by atoms with Gasteiger partial charge in [0.15, 0.2) is 17.3 Å². The van der Waals surface area contributed by atoms with Crippen molar-refractivity contribution >= 4 is 17.4 Å². The Labute approximate surface area is 228 Å². The molecule has 0 aliphatic carbocycles. The second-order valence-corrected chi connectivity index (χ2v) is 9.32. The monoisotopic (exact) mass is 534 g/mol. The molecule has 12 heteroatoms. The number of benzene rings is 2. The summed E-state index contributed by atoms with van der Waals surface area (Å²) in [6.45, 7) is 1.89. The predicted molar refractivity (Wildman–Crippen MR) is 144 cm³/mol. The lowest BCUT2D eigenvalue weighted by molar-refractivity contribution is -0.124. The summed E-state index contributed by atoms with van der Waals surface area (Å²) in [4.78, 5) is 31.5. The van der Waals surface area contributed by atoms with Crippen molar-refractivity contribution in [3.05, 3.63) is 89.4 Å². The van der Waals surface area contributed by atoms with E-state index in [2.05, 4.69) is 31.3 Å². The molecular formula is C28H23FN10O. The number of nitrogens with zero attached hydrogens (tertiary/aromatic N) is 8. The third-order valence-corrected chi connectivity index (χ3v) is 6.74. The van der Waals surface area contributed by atoms with E-state index in [1.807, 2.05) is 11.0 Å². The molecule has 5 aromatic rings. The average Bonchev–Trinajstić information content (AvgIpc) is 3.39. The van der Waals surface area contributed by atoms with Crippen molar-refractivity contribution in [3.63, 3.8) is 0 Å². The summed E-state index contributed by atoms with van der Waals surface area (Å²) >= 11 is 0. The number of aromatic nitrogens is 6. The lowest BCUT2D eigenvalue weighted by Crippen LogP contribution is -2.47. The number of rotatable bonds is 6. The van der Waals surface area contributed by atoms with Crippen LogP contribution in [-0.4, -0.2) is 60.0 Å². The molecule has 198 valence electrons. The number of carbonyl (C=O) groups is 1. The number of amides is 1. The first-order valence-electron chi connectivity index (χ1n) is 12.6. The van der Waals surface area contributed by atoms with Crippen LogP contribution >= 0.6 is 0 Å². The fourth-order valence-corrected chi connectivity index (χ4v) is 4.89. The summed E-state index contributed by atoms with van der Waals surface area (Å²) in [6, 6.07) is 15.9. The molecule has 0 atom stereocenters. The van der Waals surface area contributed by atoms with Crippen molar-refractivity contribution in [1.82, 2.24) is 39.8 Å². The number of nitrogen functional groups attached to an aromatic ring is 1. The molecule has 4 heterocycles. The summed E-state index contributed by atoms with van der Waals surface area (Å²) in [5.74, 6) is -0.00607. The minimum atomic E-state index is -0.386. The van der Waals surface area contributed by atoms with Crippen molar-refractivity contribution in [2.24, 2.45) is 0 Å². The van der Waals surface area contributed by atoms with Crippen molar-refractivity contribution in [1.29, 1.82) is 5.26 Å². The van der Waals surface area contributed by atoms with Crippen LogP contribution in [0.5, 0.6) is 0 Å². The van der Waals surface area contributed by atoms with Gasteiger partial charge in [0, 0.05) is 37.8 Å². The Morgan fingerprint density at radius 1 is 1.12 bits per heavy atom.